The van der Waals surface area contributed by atoms with E-state index < -0.39 is 0 Å². The summed E-state index contributed by atoms with van der Waals surface area (Å²) in [6.45, 7) is 9.77. The van der Waals surface area contributed by atoms with Gasteiger partial charge in [-0.15, -0.1) is 0 Å². The van der Waals surface area contributed by atoms with E-state index in [9.17, 15) is 0 Å². The van der Waals surface area contributed by atoms with Crippen LogP contribution in [-0.4, -0.2) is 4.98 Å². The van der Waals surface area contributed by atoms with Gasteiger partial charge >= 0.3 is 0 Å². The number of ether oxygens (including phenoxy) is 1. The van der Waals surface area contributed by atoms with Gasteiger partial charge in [0.05, 0.1) is 12.2 Å². The number of rotatable bonds is 0. The summed E-state index contributed by atoms with van der Waals surface area (Å²) in [5.74, 6) is 0. The van der Waals surface area contributed by atoms with Gasteiger partial charge in [0.25, 0.3) is 0 Å². The minimum Gasteiger partial charge on any atom is -0.366 e. The quantitative estimate of drug-likeness (QED) is 0.683. The monoisotopic (exact) mass is 231 g/mol. The molecule has 2 nitrogen and oxygen atoms in total. The number of pyridine rings is 1. The molecule has 0 fully saturated rings. The van der Waals surface area contributed by atoms with Gasteiger partial charge in [-0.25, -0.2) is 0 Å². The van der Waals surface area contributed by atoms with Crippen molar-refractivity contribution in [3.05, 3.63) is 28.6 Å². The molecule has 0 N–H and O–H groups in total. The smallest absolute Gasteiger partial charge is 0.0887 e. The summed E-state index contributed by atoms with van der Waals surface area (Å²) in [6.07, 6.45) is 5.55. The standard InChI is InChI=1S/C15H21NO/c1-14(2)6-5-11-12(7-14)16-8-10-9-17-15(3,4)13(10)11/h8H,5-7,9H2,1-4H3. The van der Waals surface area contributed by atoms with Crippen molar-refractivity contribution in [2.45, 2.75) is 59.2 Å². The summed E-state index contributed by atoms with van der Waals surface area (Å²) < 4.78 is 5.89. The molecule has 1 aliphatic heterocycles. The maximum atomic E-state index is 5.89. The molecular weight excluding hydrogens is 210 g/mol. The van der Waals surface area contributed by atoms with Crippen molar-refractivity contribution in [1.29, 1.82) is 0 Å². The van der Waals surface area contributed by atoms with Crippen LogP contribution in [0.2, 0.25) is 0 Å². The average molecular weight is 231 g/mol. The van der Waals surface area contributed by atoms with Crippen molar-refractivity contribution >= 4 is 0 Å². The number of aromatic nitrogens is 1. The molecule has 0 unspecified atom stereocenters. The first-order valence-corrected chi connectivity index (χ1v) is 6.53. The van der Waals surface area contributed by atoms with Crippen molar-refractivity contribution < 1.29 is 4.74 Å². The highest BCUT2D eigenvalue weighted by atomic mass is 16.5. The van der Waals surface area contributed by atoms with Crippen molar-refractivity contribution in [1.82, 2.24) is 4.98 Å². The molecule has 1 aromatic rings. The number of nitrogens with zero attached hydrogens (tertiary/aromatic N) is 1. The zero-order valence-electron chi connectivity index (χ0n) is 11.3. The second kappa shape index (κ2) is 3.32. The van der Waals surface area contributed by atoms with Gasteiger partial charge in [0.1, 0.15) is 0 Å². The van der Waals surface area contributed by atoms with Crippen molar-refractivity contribution in [3.63, 3.8) is 0 Å². The maximum absolute atomic E-state index is 5.89. The lowest BCUT2D eigenvalue weighted by Gasteiger charge is -2.33. The topological polar surface area (TPSA) is 22.1 Å². The molecular formula is C15H21NO. The van der Waals surface area contributed by atoms with Crippen LogP contribution in [0, 0.1) is 5.41 Å². The molecule has 92 valence electrons. The highest BCUT2D eigenvalue weighted by Gasteiger charge is 2.37. The van der Waals surface area contributed by atoms with Gasteiger partial charge in [0, 0.05) is 17.5 Å². The third-order valence-electron chi connectivity index (χ3n) is 4.24. The van der Waals surface area contributed by atoms with Gasteiger partial charge in [-0.3, -0.25) is 4.98 Å². The predicted molar refractivity (Wildman–Crippen MR) is 67.9 cm³/mol. The molecule has 2 heteroatoms. The van der Waals surface area contributed by atoms with E-state index in [0.717, 1.165) is 19.4 Å². The fourth-order valence-corrected chi connectivity index (χ4v) is 3.25. The van der Waals surface area contributed by atoms with Gasteiger partial charge in [0.2, 0.25) is 0 Å². The van der Waals surface area contributed by atoms with Crippen LogP contribution in [0.1, 0.15) is 56.5 Å². The van der Waals surface area contributed by atoms with Crippen LogP contribution in [-0.2, 0) is 29.8 Å². The van der Waals surface area contributed by atoms with Crippen LogP contribution in [0.15, 0.2) is 6.20 Å². The summed E-state index contributed by atoms with van der Waals surface area (Å²) in [5.41, 5.74) is 5.79. The summed E-state index contributed by atoms with van der Waals surface area (Å²) in [4.78, 5) is 4.67. The lowest BCUT2D eigenvalue weighted by atomic mass is 9.73. The number of hydrogen-bond donors (Lipinski definition) is 0. The van der Waals surface area contributed by atoms with E-state index in [0.29, 0.717) is 5.41 Å². The molecule has 2 aliphatic rings. The Kier molecular flexibility index (Phi) is 2.19. The third kappa shape index (κ3) is 1.70. The van der Waals surface area contributed by atoms with E-state index in [2.05, 4.69) is 32.7 Å². The van der Waals surface area contributed by atoms with Crippen LogP contribution < -0.4 is 0 Å². The largest absolute Gasteiger partial charge is 0.366 e. The minimum atomic E-state index is -0.121. The molecule has 0 atom stereocenters. The first-order valence-electron chi connectivity index (χ1n) is 6.53. The van der Waals surface area contributed by atoms with Crippen molar-refractivity contribution in [2.24, 2.45) is 5.41 Å². The first kappa shape index (κ1) is 11.2. The van der Waals surface area contributed by atoms with Gasteiger partial charge in [-0.05, 0) is 49.7 Å². The fraction of sp³-hybridized carbons (Fsp3) is 0.667. The Morgan fingerprint density at radius 3 is 2.76 bits per heavy atom. The van der Waals surface area contributed by atoms with Crippen molar-refractivity contribution in [2.75, 3.05) is 0 Å². The van der Waals surface area contributed by atoms with E-state index >= 15 is 0 Å². The Balaban J connectivity index is 2.14. The van der Waals surface area contributed by atoms with E-state index in [-0.39, 0.29) is 5.60 Å². The van der Waals surface area contributed by atoms with Crippen LogP contribution in [0.3, 0.4) is 0 Å². The molecule has 0 spiro atoms. The summed E-state index contributed by atoms with van der Waals surface area (Å²) >= 11 is 0. The summed E-state index contributed by atoms with van der Waals surface area (Å²) in [6, 6.07) is 0. The molecule has 3 rings (SSSR count). The predicted octanol–water partition coefficient (Wildman–Crippen LogP) is 3.36. The zero-order chi connectivity index (χ0) is 12.3. The summed E-state index contributed by atoms with van der Waals surface area (Å²) in [5, 5.41) is 0. The molecule has 1 aliphatic carbocycles. The zero-order valence-corrected chi connectivity index (χ0v) is 11.3. The maximum Gasteiger partial charge on any atom is 0.0887 e. The lowest BCUT2D eigenvalue weighted by Crippen LogP contribution is -2.27. The van der Waals surface area contributed by atoms with E-state index in [1.54, 1.807) is 0 Å². The van der Waals surface area contributed by atoms with Crippen LogP contribution in [0.25, 0.3) is 0 Å². The normalized spacial score (nSPS) is 24.2. The first-order chi connectivity index (χ1) is 7.89. The van der Waals surface area contributed by atoms with E-state index in [1.807, 2.05) is 6.20 Å². The number of hydrogen-bond acceptors (Lipinski definition) is 2. The molecule has 0 aromatic carbocycles. The SMILES string of the molecule is CC1(C)CCc2c(ncc3c2C(C)(C)OC3)C1. The van der Waals surface area contributed by atoms with Crippen LogP contribution in [0.4, 0.5) is 0 Å². The second-order valence-electron chi connectivity index (χ2n) is 6.72. The Morgan fingerprint density at radius 2 is 2.00 bits per heavy atom. The van der Waals surface area contributed by atoms with Crippen LogP contribution in [0.5, 0.6) is 0 Å². The van der Waals surface area contributed by atoms with Gasteiger partial charge in [-0.1, -0.05) is 13.8 Å². The Hall–Kier alpha value is -0.890. The van der Waals surface area contributed by atoms with Gasteiger partial charge < -0.3 is 4.74 Å². The average Bonchev–Trinajstić information content (AvgIpc) is 2.53. The highest BCUT2D eigenvalue weighted by Crippen LogP contribution is 2.43. The van der Waals surface area contributed by atoms with Gasteiger partial charge in [0.15, 0.2) is 0 Å². The molecule has 0 bridgehead atoms. The molecule has 2 heterocycles. The third-order valence-corrected chi connectivity index (χ3v) is 4.24. The lowest BCUT2D eigenvalue weighted by molar-refractivity contribution is -0.00850. The van der Waals surface area contributed by atoms with Gasteiger partial charge in [-0.2, -0.15) is 0 Å². The molecule has 0 radical (unpaired) electrons. The van der Waals surface area contributed by atoms with E-state index in [4.69, 9.17) is 4.74 Å². The second-order valence-corrected chi connectivity index (χ2v) is 6.72. The van der Waals surface area contributed by atoms with Crippen LogP contribution >= 0.6 is 0 Å². The molecule has 0 saturated heterocycles. The minimum absolute atomic E-state index is 0.121. The van der Waals surface area contributed by atoms with E-state index in [1.165, 1.54) is 28.8 Å². The summed E-state index contributed by atoms with van der Waals surface area (Å²) in [7, 11) is 0. The number of fused-ring (bicyclic) bond motifs is 3. The highest BCUT2D eigenvalue weighted by molar-refractivity contribution is 5.44. The Labute approximate surface area is 103 Å². The molecule has 1 aromatic heterocycles. The fourth-order valence-electron chi connectivity index (χ4n) is 3.25. The Bertz CT molecular complexity index is 474. The molecule has 17 heavy (non-hydrogen) atoms. The molecule has 0 amide bonds. The Morgan fingerprint density at radius 1 is 1.24 bits per heavy atom. The van der Waals surface area contributed by atoms with Crippen molar-refractivity contribution in [3.8, 4) is 0 Å². The molecule has 0 saturated carbocycles.